The summed E-state index contributed by atoms with van der Waals surface area (Å²) >= 11 is 0. The van der Waals surface area contributed by atoms with Crippen LogP contribution in [0.1, 0.15) is 102 Å². The highest BCUT2D eigenvalue weighted by Crippen LogP contribution is 2.41. The first-order valence-corrected chi connectivity index (χ1v) is 18.3. The summed E-state index contributed by atoms with van der Waals surface area (Å²) in [5.74, 6) is 1.41. The Hall–Kier alpha value is -3.88. The lowest BCUT2D eigenvalue weighted by atomic mass is 9.92. The normalized spacial score (nSPS) is 21.0. The molecule has 0 saturated carbocycles. The van der Waals surface area contributed by atoms with Crippen LogP contribution in [0.2, 0.25) is 0 Å². The van der Waals surface area contributed by atoms with E-state index in [1.165, 1.54) is 18.2 Å². The van der Waals surface area contributed by atoms with Crippen molar-refractivity contribution in [2.75, 3.05) is 31.7 Å². The first-order valence-electron chi connectivity index (χ1n) is 18.3. The average molecular weight is 682 g/mol. The van der Waals surface area contributed by atoms with Crippen molar-refractivity contribution in [3.05, 3.63) is 70.9 Å². The first kappa shape index (κ1) is 35.9. The number of imidazole rings is 1. The van der Waals surface area contributed by atoms with Gasteiger partial charge in [0.25, 0.3) is 0 Å². The molecular formula is C42H55N3O5. The number of benzene rings is 2. The molecule has 0 unspecified atom stereocenters. The lowest BCUT2D eigenvalue weighted by Gasteiger charge is -2.41. The topological polar surface area (TPSA) is 74.5 Å². The Morgan fingerprint density at radius 2 is 1.70 bits per heavy atom. The molecule has 6 bridgehead atoms. The Balaban J connectivity index is 1.53. The zero-order chi connectivity index (χ0) is 35.8. The van der Waals surface area contributed by atoms with Crippen molar-refractivity contribution < 1.29 is 23.7 Å². The van der Waals surface area contributed by atoms with E-state index in [1.807, 2.05) is 27.7 Å². The SMILES string of the molecule is COC(=O)[C@@H](OC(C)(C)C)c1c(C)cc2nc3cn2c1N1CCC(C)(CC1)OCCCCC[C@H](C)Oc1cc(C)c(C)cc1-c1cccc-3c1. The molecule has 0 spiro atoms. The molecule has 0 N–H and O–H groups in total. The van der Waals surface area contributed by atoms with Crippen molar-refractivity contribution in [1.29, 1.82) is 0 Å². The maximum atomic E-state index is 13.5. The third-order valence-electron chi connectivity index (χ3n) is 10.3. The summed E-state index contributed by atoms with van der Waals surface area (Å²) in [7, 11) is 1.43. The second-order valence-electron chi connectivity index (χ2n) is 15.6. The minimum absolute atomic E-state index is 0.0984. The number of hydrogen-bond donors (Lipinski definition) is 0. The predicted octanol–water partition coefficient (Wildman–Crippen LogP) is 9.34. The van der Waals surface area contributed by atoms with Gasteiger partial charge in [0.15, 0.2) is 6.10 Å². The van der Waals surface area contributed by atoms with Crippen LogP contribution in [0.15, 0.2) is 48.7 Å². The number of aryl methyl sites for hydroxylation is 3. The molecule has 268 valence electrons. The fourth-order valence-corrected chi connectivity index (χ4v) is 7.31. The summed E-state index contributed by atoms with van der Waals surface area (Å²) in [6.45, 7) is 19.0. The number of piperidine rings is 1. The van der Waals surface area contributed by atoms with E-state index >= 15 is 0 Å². The Kier molecular flexibility index (Phi) is 10.3. The van der Waals surface area contributed by atoms with E-state index in [4.69, 9.17) is 23.9 Å². The minimum Gasteiger partial charge on any atom is -0.490 e. The van der Waals surface area contributed by atoms with Gasteiger partial charge in [0.2, 0.25) is 0 Å². The van der Waals surface area contributed by atoms with Crippen molar-refractivity contribution in [2.24, 2.45) is 0 Å². The van der Waals surface area contributed by atoms with Crippen molar-refractivity contribution in [1.82, 2.24) is 9.38 Å². The number of carbonyl (C=O) groups excluding carboxylic acids is 1. The molecule has 50 heavy (non-hydrogen) atoms. The molecule has 1 fully saturated rings. The van der Waals surface area contributed by atoms with Crippen LogP contribution in [0.5, 0.6) is 5.75 Å². The third-order valence-corrected chi connectivity index (χ3v) is 10.3. The molecule has 2 aromatic carbocycles. The Bertz CT molecular complexity index is 1850. The van der Waals surface area contributed by atoms with Gasteiger partial charge in [-0.1, -0.05) is 24.6 Å². The van der Waals surface area contributed by atoms with Gasteiger partial charge in [0.05, 0.1) is 30.1 Å². The number of fused-ring (bicyclic) bond motifs is 9. The van der Waals surface area contributed by atoms with Crippen LogP contribution in [-0.4, -0.2) is 59.5 Å². The largest absolute Gasteiger partial charge is 0.490 e. The van der Waals surface area contributed by atoms with Crippen molar-refractivity contribution in [2.45, 2.75) is 117 Å². The van der Waals surface area contributed by atoms with Crippen LogP contribution in [0, 0.1) is 20.8 Å². The molecule has 8 nitrogen and oxygen atoms in total. The highest BCUT2D eigenvalue weighted by Gasteiger charge is 2.37. The number of nitrogens with zero attached hydrogens (tertiary/aromatic N) is 3. The number of pyridine rings is 1. The highest BCUT2D eigenvalue weighted by atomic mass is 16.6. The van der Waals surface area contributed by atoms with E-state index in [0.29, 0.717) is 0 Å². The lowest BCUT2D eigenvalue weighted by molar-refractivity contribution is -0.164. The molecule has 4 aromatic rings. The third kappa shape index (κ3) is 7.71. The number of carbonyl (C=O) groups is 1. The summed E-state index contributed by atoms with van der Waals surface area (Å²) in [5.41, 5.74) is 8.25. The zero-order valence-corrected chi connectivity index (χ0v) is 31.5. The van der Waals surface area contributed by atoms with Crippen LogP contribution in [0.3, 0.4) is 0 Å². The van der Waals surface area contributed by atoms with Gasteiger partial charge in [-0.25, -0.2) is 9.78 Å². The number of anilines is 1. The van der Waals surface area contributed by atoms with E-state index in [1.54, 1.807) is 0 Å². The second-order valence-corrected chi connectivity index (χ2v) is 15.6. The standard InChI is InChI=1S/C42H55N3O5/c1-27-22-33-31-15-13-16-32(25-31)34-26-45-36(43-34)24-29(3)37(38(40(46)47-9)50-41(5,6)7)39(45)44-19-17-42(8,18-20-44)48-21-12-10-11-14-30(4)49-35(33)23-28(27)2/h13,15-16,22-26,30,38H,10-12,14,17-21H2,1-9H3/t30-,38-/m0/s1. The molecule has 2 atom stereocenters. The quantitative estimate of drug-likeness (QED) is 0.200. The van der Waals surface area contributed by atoms with Crippen LogP contribution >= 0.6 is 0 Å². The van der Waals surface area contributed by atoms with E-state index in [9.17, 15) is 4.79 Å². The maximum absolute atomic E-state index is 13.5. The van der Waals surface area contributed by atoms with Crippen LogP contribution in [0.4, 0.5) is 5.82 Å². The summed E-state index contributed by atoms with van der Waals surface area (Å²) in [6.07, 6.45) is 7.26. The molecule has 7 rings (SSSR count). The van der Waals surface area contributed by atoms with Crippen molar-refractivity contribution in [3.8, 4) is 28.1 Å². The number of ether oxygens (including phenoxy) is 4. The number of aromatic nitrogens is 2. The van der Waals surface area contributed by atoms with Crippen LogP contribution in [-0.2, 0) is 19.0 Å². The fourth-order valence-electron chi connectivity index (χ4n) is 7.31. The smallest absolute Gasteiger partial charge is 0.339 e. The summed E-state index contributed by atoms with van der Waals surface area (Å²) < 4.78 is 27.2. The van der Waals surface area contributed by atoms with Gasteiger partial charge >= 0.3 is 5.97 Å². The minimum atomic E-state index is -0.904. The van der Waals surface area contributed by atoms with E-state index < -0.39 is 17.7 Å². The molecule has 0 aliphatic carbocycles. The zero-order valence-electron chi connectivity index (χ0n) is 31.5. The van der Waals surface area contributed by atoms with E-state index in [2.05, 4.69) is 85.7 Å². The van der Waals surface area contributed by atoms with Gasteiger partial charge in [-0.05, 0) is 134 Å². The lowest BCUT2D eigenvalue weighted by Crippen LogP contribution is -2.45. The number of rotatable bonds is 3. The molecule has 2 aromatic heterocycles. The van der Waals surface area contributed by atoms with Crippen LogP contribution < -0.4 is 9.64 Å². The van der Waals surface area contributed by atoms with Gasteiger partial charge in [-0.3, -0.25) is 4.40 Å². The molecule has 1 saturated heterocycles. The van der Waals surface area contributed by atoms with Gasteiger partial charge in [-0.2, -0.15) is 0 Å². The van der Waals surface area contributed by atoms with Crippen molar-refractivity contribution in [3.63, 3.8) is 0 Å². The Morgan fingerprint density at radius 3 is 2.42 bits per heavy atom. The first-order chi connectivity index (χ1) is 23.7. The highest BCUT2D eigenvalue weighted by molar-refractivity contribution is 5.82. The maximum Gasteiger partial charge on any atom is 0.339 e. The fraction of sp³-hybridized carbons (Fsp3) is 0.524. The number of esters is 1. The Morgan fingerprint density at radius 1 is 0.980 bits per heavy atom. The van der Waals surface area contributed by atoms with E-state index in [0.717, 1.165) is 109 Å². The van der Waals surface area contributed by atoms with Gasteiger partial charge < -0.3 is 23.8 Å². The Labute approximate surface area is 298 Å². The molecule has 5 heterocycles. The van der Waals surface area contributed by atoms with Crippen molar-refractivity contribution >= 4 is 17.4 Å². The second kappa shape index (κ2) is 14.4. The summed E-state index contributed by atoms with van der Waals surface area (Å²) in [4.78, 5) is 21.1. The average Bonchev–Trinajstić information content (AvgIpc) is 3.49. The van der Waals surface area contributed by atoms with E-state index in [-0.39, 0.29) is 11.7 Å². The molecule has 0 radical (unpaired) electrons. The molecule has 3 aliphatic rings. The predicted molar refractivity (Wildman–Crippen MR) is 200 cm³/mol. The number of hydrogen-bond acceptors (Lipinski definition) is 7. The molecular weight excluding hydrogens is 626 g/mol. The molecule has 3 aliphatic heterocycles. The summed E-state index contributed by atoms with van der Waals surface area (Å²) in [5, 5.41) is 0. The number of methoxy groups -OCH3 is 1. The van der Waals surface area contributed by atoms with Crippen LogP contribution in [0.25, 0.3) is 28.0 Å². The molecule has 8 heteroatoms. The summed E-state index contributed by atoms with van der Waals surface area (Å²) in [6, 6.07) is 15.1. The monoisotopic (exact) mass is 681 g/mol. The van der Waals surface area contributed by atoms with Gasteiger partial charge in [0, 0.05) is 42.6 Å². The van der Waals surface area contributed by atoms with Gasteiger partial charge in [0.1, 0.15) is 17.2 Å². The van der Waals surface area contributed by atoms with Gasteiger partial charge in [-0.15, -0.1) is 0 Å². The molecule has 0 amide bonds.